The number of unbranched alkanes of at least 4 members (excludes halogenated alkanes) is 4. The Bertz CT molecular complexity index is 470. The highest BCUT2D eigenvalue weighted by Gasteiger charge is 1.98. The molecule has 0 aliphatic heterocycles. The largest absolute Gasteiger partial charge is 0.508 e. The van der Waals surface area contributed by atoms with Crippen molar-refractivity contribution in [2.75, 3.05) is 0 Å². The molecule has 0 amide bonds. The van der Waals surface area contributed by atoms with E-state index in [4.69, 9.17) is 5.11 Å². The third kappa shape index (κ3) is 16.3. The minimum Gasteiger partial charge on any atom is -0.508 e. The van der Waals surface area contributed by atoms with Crippen molar-refractivity contribution in [3.63, 3.8) is 0 Å². The molecule has 1 unspecified atom stereocenters. The summed E-state index contributed by atoms with van der Waals surface area (Å²) in [5, 5.41) is 27.4. The van der Waals surface area contributed by atoms with Gasteiger partial charge in [0.05, 0.1) is 6.10 Å². The molecule has 4 heteroatoms. The van der Waals surface area contributed by atoms with Crippen LogP contribution >= 0.6 is 0 Å². The first kappa shape index (κ1) is 21.9. The number of hydrogen-bond donors (Lipinski definition) is 3. The van der Waals surface area contributed by atoms with E-state index in [2.05, 4.69) is 0 Å². The lowest BCUT2D eigenvalue weighted by atomic mass is 10.1. The van der Waals surface area contributed by atoms with Crippen LogP contribution in [0.2, 0.25) is 0 Å². The Hall–Kier alpha value is -2.07. The van der Waals surface area contributed by atoms with Gasteiger partial charge in [0.25, 0.3) is 0 Å². The van der Waals surface area contributed by atoms with Gasteiger partial charge in [0.15, 0.2) is 0 Å². The standard InChI is InChI=1S/C20H30O4/c1-2-18(21)14-10-6-4-3-5-7-11-15-19(22)16-12-8-9-13-17-20(23)24/h7-9,11-13,15-18,21-22H,2-6,10,14H2,1H3,(H,23,24). The summed E-state index contributed by atoms with van der Waals surface area (Å²) in [5.41, 5.74) is 0. The molecule has 0 aromatic heterocycles. The quantitative estimate of drug-likeness (QED) is 0.195. The highest BCUT2D eigenvalue weighted by molar-refractivity contribution is 5.80. The minimum absolute atomic E-state index is 0.144. The van der Waals surface area contributed by atoms with Crippen LogP contribution in [0.4, 0.5) is 0 Å². The van der Waals surface area contributed by atoms with Gasteiger partial charge in [-0.15, -0.1) is 0 Å². The fourth-order valence-corrected chi connectivity index (χ4v) is 1.94. The fourth-order valence-electron chi connectivity index (χ4n) is 1.94. The Morgan fingerprint density at radius 1 is 0.917 bits per heavy atom. The number of carboxylic acids is 1. The van der Waals surface area contributed by atoms with Crippen LogP contribution in [-0.2, 0) is 4.79 Å². The Morgan fingerprint density at radius 2 is 1.58 bits per heavy atom. The average Bonchev–Trinajstić information content (AvgIpc) is 2.55. The molecule has 0 bridgehead atoms. The first-order chi connectivity index (χ1) is 11.6. The zero-order valence-corrected chi connectivity index (χ0v) is 14.5. The highest BCUT2D eigenvalue weighted by Crippen LogP contribution is 2.09. The topological polar surface area (TPSA) is 77.8 Å². The number of aliphatic carboxylic acids is 1. The van der Waals surface area contributed by atoms with Crippen molar-refractivity contribution < 1.29 is 20.1 Å². The van der Waals surface area contributed by atoms with Gasteiger partial charge in [-0.05, 0) is 37.8 Å². The van der Waals surface area contributed by atoms with E-state index in [1.165, 1.54) is 12.2 Å². The van der Waals surface area contributed by atoms with Crippen molar-refractivity contribution in [2.45, 2.75) is 58.0 Å². The van der Waals surface area contributed by atoms with Gasteiger partial charge in [-0.1, -0.05) is 62.6 Å². The molecule has 1 atom stereocenters. The van der Waals surface area contributed by atoms with Crippen LogP contribution in [0.25, 0.3) is 0 Å². The zero-order chi connectivity index (χ0) is 18.0. The second-order valence-electron chi connectivity index (χ2n) is 5.51. The molecular weight excluding hydrogens is 304 g/mol. The Balaban J connectivity index is 3.76. The summed E-state index contributed by atoms with van der Waals surface area (Å²) in [6.45, 7) is 2.00. The van der Waals surface area contributed by atoms with Crippen molar-refractivity contribution in [3.8, 4) is 0 Å². The number of hydrogen-bond acceptors (Lipinski definition) is 3. The first-order valence-electron chi connectivity index (χ1n) is 8.54. The Kier molecular flexibility index (Phi) is 14.4. The second kappa shape index (κ2) is 15.8. The smallest absolute Gasteiger partial charge is 0.328 e. The number of aliphatic hydroxyl groups is 2. The molecule has 0 fully saturated rings. The Morgan fingerprint density at radius 3 is 2.25 bits per heavy atom. The summed E-state index contributed by atoms with van der Waals surface area (Å²) in [5.74, 6) is -0.846. The van der Waals surface area contributed by atoms with Crippen molar-refractivity contribution in [2.24, 2.45) is 0 Å². The van der Waals surface area contributed by atoms with E-state index in [0.717, 1.165) is 51.0 Å². The summed E-state index contributed by atoms with van der Waals surface area (Å²) in [6.07, 6.45) is 21.4. The summed E-state index contributed by atoms with van der Waals surface area (Å²) >= 11 is 0. The van der Waals surface area contributed by atoms with Gasteiger partial charge in [0.2, 0.25) is 0 Å². The van der Waals surface area contributed by atoms with E-state index in [9.17, 15) is 15.0 Å². The van der Waals surface area contributed by atoms with Crippen LogP contribution in [0.15, 0.2) is 60.4 Å². The first-order valence-corrected chi connectivity index (χ1v) is 8.54. The molecule has 0 saturated carbocycles. The van der Waals surface area contributed by atoms with E-state index in [0.29, 0.717) is 0 Å². The minimum atomic E-state index is -0.991. The summed E-state index contributed by atoms with van der Waals surface area (Å²) in [4.78, 5) is 10.2. The lowest BCUT2D eigenvalue weighted by Crippen LogP contribution is -2.03. The fraction of sp³-hybridized carbons (Fsp3) is 0.450. The van der Waals surface area contributed by atoms with E-state index in [1.54, 1.807) is 24.3 Å². The van der Waals surface area contributed by atoms with Crippen molar-refractivity contribution in [1.82, 2.24) is 0 Å². The maximum absolute atomic E-state index is 10.2. The molecule has 0 aliphatic rings. The zero-order valence-electron chi connectivity index (χ0n) is 14.5. The van der Waals surface area contributed by atoms with Gasteiger partial charge < -0.3 is 15.3 Å². The average molecular weight is 334 g/mol. The molecule has 0 aromatic rings. The molecule has 0 heterocycles. The highest BCUT2D eigenvalue weighted by atomic mass is 16.4. The molecule has 4 nitrogen and oxygen atoms in total. The predicted molar refractivity (Wildman–Crippen MR) is 98.9 cm³/mol. The van der Waals surface area contributed by atoms with Crippen LogP contribution in [0, 0.1) is 0 Å². The molecule has 0 spiro atoms. The van der Waals surface area contributed by atoms with Crippen LogP contribution in [-0.4, -0.2) is 27.4 Å². The number of aliphatic hydroxyl groups excluding tert-OH is 2. The molecule has 3 N–H and O–H groups in total. The third-order valence-electron chi connectivity index (χ3n) is 3.37. The summed E-state index contributed by atoms with van der Waals surface area (Å²) in [6, 6.07) is 0. The van der Waals surface area contributed by atoms with Gasteiger partial charge in [0, 0.05) is 6.08 Å². The van der Waals surface area contributed by atoms with Crippen LogP contribution in [0.1, 0.15) is 51.9 Å². The lowest BCUT2D eigenvalue weighted by Gasteiger charge is -2.06. The second-order valence-corrected chi connectivity index (χ2v) is 5.51. The lowest BCUT2D eigenvalue weighted by molar-refractivity contribution is -0.131. The number of rotatable bonds is 13. The molecule has 0 radical (unpaired) electrons. The van der Waals surface area contributed by atoms with Gasteiger partial charge in [-0.2, -0.15) is 0 Å². The van der Waals surface area contributed by atoms with Gasteiger partial charge in [-0.25, -0.2) is 4.79 Å². The van der Waals surface area contributed by atoms with E-state index >= 15 is 0 Å². The summed E-state index contributed by atoms with van der Waals surface area (Å²) in [7, 11) is 0. The number of carboxylic acid groups (broad SMARTS) is 1. The maximum atomic E-state index is 10.2. The van der Waals surface area contributed by atoms with Crippen LogP contribution in [0.5, 0.6) is 0 Å². The summed E-state index contributed by atoms with van der Waals surface area (Å²) < 4.78 is 0. The van der Waals surface area contributed by atoms with Gasteiger partial charge in [-0.3, -0.25) is 0 Å². The SMILES string of the molecule is CCC(O)CCCCCCC=CC=C(O)C=CC=CC=CC(=O)O. The van der Waals surface area contributed by atoms with E-state index < -0.39 is 5.97 Å². The molecule has 0 rings (SSSR count). The number of carbonyl (C=O) groups is 1. The normalized spacial score (nSPS) is 14.5. The van der Waals surface area contributed by atoms with E-state index in [1.807, 2.05) is 19.1 Å². The van der Waals surface area contributed by atoms with Crippen LogP contribution in [0.3, 0.4) is 0 Å². The maximum Gasteiger partial charge on any atom is 0.328 e. The third-order valence-corrected chi connectivity index (χ3v) is 3.37. The van der Waals surface area contributed by atoms with Crippen LogP contribution < -0.4 is 0 Å². The Labute approximate surface area is 145 Å². The molecule has 24 heavy (non-hydrogen) atoms. The van der Waals surface area contributed by atoms with Gasteiger partial charge >= 0.3 is 5.97 Å². The molecular formula is C20H30O4. The molecule has 0 saturated heterocycles. The molecule has 134 valence electrons. The monoisotopic (exact) mass is 334 g/mol. The molecule has 0 aromatic carbocycles. The van der Waals surface area contributed by atoms with Gasteiger partial charge in [0.1, 0.15) is 5.76 Å². The number of allylic oxidation sites excluding steroid dienone is 8. The van der Waals surface area contributed by atoms with E-state index in [-0.39, 0.29) is 11.9 Å². The van der Waals surface area contributed by atoms with Crippen molar-refractivity contribution >= 4 is 5.97 Å². The van der Waals surface area contributed by atoms with Crippen molar-refractivity contribution in [1.29, 1.82) is 0 Å². The van der Waals surface area contributed by atoms with Crippen molar-refractivity contribution in [3.05, 3.63) is 60.4 Å². The predicted octanol–water partition coefficient (Wildman–Crippen LogP) is 4.85. The molecule has 0 aliphatic carbocycles.